The van der Waals surface area contributed by atoms with E-state index in [0.717, 1.165) is 50.4 Å². The molecule has 0 unspecified atom stereocenters. The molecule has 1 aromatic heterocycles. The molecule has 27 heavy (non-hydrogen) atoms. The van der Waals surface area contributed by atoms with Crippen molar-refractivity contribution in [3.05, 3.63) is 48.2 Å². The van der Waals surface area contributed by atoms with E-state index in [0.29, 0.717) is 17.7 Å². The molecular weight excluding hydrogens is 340 g/mol. The van der Waals surface area contributed by atoms with Gasteiger partial charge in [-0.1, -0.05) is 0 Å². The first-order chi connectivity index (χ1) is 13.2. The van der Waals surface area contributed by atoms with E-state index in [9.17, 15) is 9.59 Å². The van der Waals surface area contributed by atoms with Crippen molar-refractivity contribution in [2.24, 2.45) is 0 Å². The van der Waals surface area contributed by atoms with Crippen LogP contribution >= 0.6 is 0 Å². The summed E-state index contributed by atoms with van der Waals surface area (Å²) in [5.74, 6) is 0.760. The predicted molar refractivity (Wildman–Crippen MR) is 106 cm³/mol. The standard InChI is InChI=1S/C21H24N4O2/c26-19-7-5-15-25(19)17-10-8-16(9-11-17)23-21(27)18-6-4-12-22-20(18)24-13-2-1-3-14-24/h4,6,8-12H,1-3,5,7,13-15H2,(H,23,27). The molecule has 0 aliphatic carbocycles. The summed E-state index contributed by atoms with van der Waals surface area (Å²) in [6.45, 7) is 2.64. The lowest BCUT2D eigenvalue weighted by molar-refractivity contribution is -0.117. The molecule has 0 atom stereocenters. The average Bonchev–Trinajstić information content (AvgIpc) is 3.15. The van der Waals surface area contributed by atoms with Crippen molar-refractivity contribution in [2.75, 3.05) is 34.8 Å². The Kier molecular flexibility index (Phi) is 5.05. The Morgan fingerprint density at radius 2 is 1.74 bits per heavy atom. The van der Waals surface area contributed by atoms with Crippen molar-refractivity contribution in [1.82, 2.24) is 4.98 Å². The van der Waals surface area contributed by atoms with Crippen LogP contribution in [0.5, 0.6) is 0 Å². The molecule has 0 spiro atoms. The minimum Gasteiger partial charge on any atom is -0.356 e. The number of aromatic nitrogens is 1. The molecule has 2 fully saturated rings. The fourth-order valence-electron chi connectivity index (χ4n) is 3.78. The molecule has 2 saturated heterocycles. The smallest absolute Gasteiger partial charge is 0.259 e. The fraction of sp³-hybridized carbons (Fsp3) is 0.381. The van der Waals surface area contributed by atoms with Gasteiger partial charge in [-0.2, -0.15) is 0 Å². The van der Waals surface area contributed by atoms with Gasteiger partial charge in [0, 0.05) is 43.6 Å². The summed E-state index contributed by atoms with van der Waals surface area (Å²) >= 11 is 0. The van der Waals surface area contributed by atoms with Crippen molar-refractivity contribution in [2.45, 2.75) is 32.1 Å². The molecule has 1 N–H and O–H groups in total. The number of anilines is 3. The number of benzene rings is 1. The van der Waals surface area contributed by atoms with E-state index in [-0.39, 0.29) is 11.8 Å². The van der Waals surface area contributed by atoms with Gasteiger partial charge in [-0.15, -0.1) is 0 Å². The summed E-state index contributed by atoms with van der Waals surface area (Å²) in [5.41, 5.74) is 2.19. The Morgan fingerprint density at radius 3 is 2.44 bits per heavy atom. The fourth-order valence-corrected chi connectivity index (χ4v) is 3.78. The molecule has 0 bridgehead atoms. The van der Waals surface area contributed by atoms with Crippen molar-refractivity contribution < 1.29 is 9.59 Å². The molecule has 6 nitrogen and oxygen atoms in total. The second kappa shape index (κ2) is 7.78. The van der Waals surface area contributed by atoms with Crippen LogP contribution in [-0.2, 0) is 4.79 Å². The minimum absolute atomic E-state index is 0.159. The third kappa shape index (κ3) is 3.79. The van der Waals surface area contributed by atoms with Crippen molar-refractivity contribution in [3.8, 4) is 0 Å². The monoisotopic (exact) mass is 364 g/mol. The first-order valence-electron chi connectivity index (χ1n) is 9.64. The summed E-state index contributed by atoms with van der Waals surface area (Å²) in [5, 5.41) is 2.96. The highest BCUT2D eigenvalue weighted by molar-refractivity contribution is 6.07. The van der Waals surface area contributed by atoms with Crippen LogP contribution in [0.15, 0.2) is 42.6 Å². The Balaban J connectivity index is 1.48. The lowest BCUT2D eigenvalue weighted by Crippen LogP contribution is -2.32. The Morgan fingerprint density at radius 1 is 0.963 bits per heavy atom. The highest BCUT2D eigenvalue weighted by Crippen LogP contribution is 2.25. The zero-order valence-corrected chi connectivity index (χ0v) is 15.4. The lowest BCUT2D eigenvalue weighted by Gasteiger charge is -2.29. The zero-order chi connectivity index (χ0) is 18.6. The molecule has 4 rings (SSSR count). The van der Waals surface area contributed by atoms with Crippen LogP contribution in [0, 0.1) is 0 Å². The highest BCUT2D eigenvalue weighted by Gasteiger charge is 2.22. The number of piperidine rings is 1. The Hall–Kier alpha value is -2.89. The number of nitrogens with zero attached hydrogens (tertiary/aromatic N) is 3. The molecular formula is C21H24N4O2. The van der Waals surface area contributed by atoms with Crippen LogP contribution in [0.4, 0.5) is 17.2 Å². The number of carbonyl (C=O) groups excluding carboxylic acids is 2. The van der Waals surface area contributed by atoms with Crippen LogP contribution in [0.25, 0.3) is 0 Å². The van der Waals surface area contributed by atoms with Crippen LogP contribution < -0.4 is 15.1 Å². The SMILES string of the molecule is O=C(Nc1ccc(N2CCCC2=O)cc1)c1cccnc1N1CCCCC1. The summed E-state index contributed by atoms with van der Waals surface area (Å²) in [6, 6.07) is 11.1. The van der Waals surface area contributed by atoms with E-state index in [1.165, 1.54) is 6.42 Å². The molecule has 2 aliphatic rings. The number of nitrogens with one attached hydrogen (secondary N) is 1. The largest absolute Gasteiger partial charge is 0.356 e. The van der Waals surface area contributed by atoms with Crippen molar-refractivity contribution >= 4 is 29.0 Å². The number of amides is 2. The number of hydrogen-bond acceptors (Lipinski definition) is 4. The average molecular weight is 364 g/mol. The lowest BCUT2D eigenvalue weighted by atomic mass is 10.1. The first kappa shape index (κ1) is 17.5. The van der Waals surface area contributed by atoms with Crippen LogP contribution in [0.3, 0.4) is 0 Å². The maximum atomic E-state index is 12.8. The Labute approximate surface area is 159 Å². The van der Waals surface area contributed by atoms with E-state index in [1.807, 2.05) is 30.3 Å². The normalized spacial score (nSPS) is 17.3. The van der Waals surface area contributed by atoms with Gasteiger partial charge in [0.05, 0.1) is 5.56 Å². The van der Waals surface area contributed by atoms with Gasteiger partial charge in [0.2, 0.25) is 5.91 Å². The summed E-state index contributed by atoms with van der Waals surface area (Å²) in [7, 11) is 0. The third-order valence-electron chi connectivity index (χ3n) is 5.20. The second-order valence-corrected chi connectivity index (χ2v) is 7.07. The molecule has 1 aromatic carbocycles. The van der Waals surface area contributed by atoms with E-state index in [1.54, 1.807) is 17.2 Å². The second-order valence-electron chi connectivity index (χ2n) is 7.07. The molecule has 140 valence electrons. The molecule has 2 aliphatic heterocycles. The third-order valence-corrected chi connectivity index (χ3v) is 5.20. The first-order valence-corrected chi connectivity index (χ1v) is 9.64. The summed E-state index contributed by atoms with van der Waals surface area (Å²) in [4.78, 5) is 33.1. The van der Waals surface area contributed by atoms with Crippen LogP contribution in [0.1, 0.15) is 42.5 Å². The summed E-state index contributed by atoms with van der Waals surface area (Å²) in [6.07, 6.45) is 6.75. The van der Waals surface area contributed by atoms with Crippen molar-refractivity contribution in [1.29, 1.82) is 0 Å². The van der Waals surface area contributed by atoms with Gasteiger partial charge in [-0.05, 0) is 62.1 Å². The van der Waals surface area contributed by atoms with Gasteiger partial charge in [0.25, 0.3) is 5.91 Å². The molecule has 6 heteroatoms. The van der Waals surface area contributed by atoms with Gasteiger partial charge < -0.3 is 15.1 Å². The van der Waals surface area contributed by atoms with Gasteiger partial charge in [-0.3, -0.25) is 9.59 Å². The Bertz CT molecular complexity index is 828. The van der Waals surface area contributed by atoms with Gasteiger partial charge in [0.15, 0.2) is 0 Å². The van der Waals surface area contributed by atoms with E-state index in [4.69, 9.17) is 0 Å². The van der Waals surface area contributed by atoms with E-state index >= 15 is 0 Å². The highest BCUT2D eigenvalue weighted by atomic mass is 16.2. The van der Waals surface area contributed by atoms with Crippen LogP contribution in [0.2, 0.25) is 0 Å². The molecule has 0 saturated carbocycles. The number of pyridine rings is 1. The number of carbonyl (C=O) groups is 2. The zero-order valence-electron chi connectivity index (χ0n) is 15.4. The summed E-state index contributed by atoms with van der Waals surface area (Å²) < 4.78 is 0. The molecule has 2 aromatic rings. The molecule has 3 heterocycles. The van der Waals surface area contributed by atoms with Gasteiger partial charge >= 0.3 is 0 Å². The topological polar surface area (TPSA) is 65.5 Å². The molecule has 0 radical (unpaired) electrons. The van der Waals surface area contributed by atoms with E-state index < -0.39 is 0 Å². The maximum absolute atomic E-state index is 12.8. The minimum atomic E-state index is -0.159. The van der Waals surface area contributed by atoms with Crippen LogP contribution in [-0.4, -0.2) is 36.4 Å². The quantitative estimate of drug-likeness (QED) is 0.902. The van der Waals surface area contributed by atoms with Gasteiger partial charge in [-0.25, -0.2) is 4.98 Å². The molecule has 2 amide bonds. The predicted octanol–water partition coefficient (Wildman–Crippen LogP) is 3.45. The number of rotatable bonds is 4. The van der Waals surface area contributed by atoms with Gasteiger partial charge in [0.1, 0.15) is 5.82 Å². The maximum Gasteiger partial charge on any atom is 0.259 e. The van der Waals surface area contributed by atoms with E-state index in [2.05, 4.69) is 15.2 Å². The van der Waals surface area contributed by atoms with Crippen molar-refractivity contribution in [3.63, 3.8) is 0 Å². The number of hydrogen-bond donors (Lipinski definition) is 1.